The van der Waals surface area contributed by atoms with Gasteiger partial charge in [-0.25, -0.2) is 5.43 Å². The van der Waals surface area contributed by atoms with Crippen LogP contribution in [0.25, 0.3) is 0 Å². The van der Waals surface area contributed by atoms with Crippen molar-refractivity contribution in [3.8, 4) is 5.75 Å². The van der Waals surface area contributed by atoms with Gasteiger partial charge in [-0.1, -0.05) is 17.7 Å². The predicted molar refractivity (Wildman–Crippen MR) is 86.4 cm³/mol. The molecule has 0 saturated carbocycles. The molecule has 5 nitrogen and oxygen atoms in total. The summed E-state index contributed by atoms with van der Waals surface area (Å²) >= 11 is 6.08. The largest absolute Gasteiger partial charge is 0.484 e. The zero-order valence-corrected chi connectivity index (χ0v) is 13.1. The predicted octanol–water partition coefficient (Wildman–Crippen LogP) is 2.88. The minimum Gasteiger partial charge on any atom is -0.484 e. The molecule has 6 heteroatoms. The molecule has 2 aromatic rings. The maximum Gasteiger partial charge on any atom is 0.277 e. The highest BCUT2D eigenvalue weighted by Crippen LogP contribution is 2.25. The summed E-state index contributed by atoms with van der Waals surface area (Å²) in [5.41, 5.74) is 5.01. The van der Waals surface area contributed by atoms with Gasteiger partial charge in [0.2, 0.25) is 0 Å². The molecule has 2 rings (SSSR count). The fourth-order valence-electron chi connectivity index (χ4n) is 1.80. The molecular formula is C16H16ClN3O2. The van der Waals surface area contributed by atoms with Crippen molar-refractivity contribution in [2.75, 3.05) is 6.61 Å². The summed E-state index contributed by atoms with van der Waals surface area (Å²) in [4.78, 5) is 15.6. The van der Waals surface area contributed by atoms with Crippen LogP contribution in [0.1, 0.15) is 16.7 Å². The topological polar surface area (TPSA) is 63.6 Å². The van der Waals surface area contributed by atoms with Crippen LogP contribution in [0.3, 0.4) is 0 Å². The number of amides is 1. The molecule has 0 radical (unpaired) electrons. The van der Waals surface area contributed by atoms with E-state index in [1.54, 1.807) is 30.6 Å². The highest BCUT2D eigenvalue weighted by molar-refractivity contribution is 6.32. The Hall–Kier alpha value is -2.40. The molecule has 1 heterocycles. The summed E-state index contributed by atoms with van der Waals surface area (Å²) in [6.45, 7) is 3.66. The third kappa shape index (κ3) is 4.56. The van der Waals surface area contributed by atoms with Crippen molar-refractivity contribution in [2.45, 2.75) is 13.8 Å². The summed E-state index contributed by atoms with van der Waals surface area (Å²) in [6.07, 6.45) is 4.83. The number of hydrogen-bond acceptors (Lipinski definition) is 4. The third-order valence-electron chi connectivity index (χ3n) is 2.87. The molecule has 114 valence electrons. The van der Waals surface area contributed by atoms with E-state index in [0.29, 0.717) is 10.8 Å². The van der Waals surface area contributed by atoms with Crippen molar-refractivity contribution < 1.29 is 9.53 Å². The van der Waals surface area contributed by atoms with E-state index in [0.717, 1.165) is 16.7 Å². The number of carbonyl (C=O) groups is 1. The Balaban J connectivity index is 1.84. The zero-order valence-electron chi connectivity index (χ0n) is 12.3. The van der Waals surface area contributed by atoms with Gasteiger partial charge in [0, 0.05) is 23.0 Å². The Bertz CT molecular complexity index is 664. The van der Waals surface area contributed by atoms with Crippen molar-refractivity contribution >= 4 is 23.7 Å². The Kier molecular flexibility index (Phi) is 5.49. The molecule has 1 amide bonds. The Labute approximate surface area is 134 Å². The third-order valence-corrected chi connectivity index (χ3v) is 3.46. The van der Waals surface area contributed by atoms with Gasteiger partial charge in [0.1, 0.15) is 5.75 Å². The standard InChI is InChI=1S/C16H16ClN3O2/c1-11-6-14(7-12(2)16(11)17)22-10-15(21)20-19-9-13-4-3-5-18-8-13/h3-9H,10H2,1-2H3,(H,20,21)/b19-9-. The summed E-state index contributed by atoms with van der Waals surface area (Å²) in [7, 11) is 0. The maximum absolute atomic E-state index is 11.7. The lowest BCUT2D eigenvalue weighted by Crippen LogP contribution is -2.24. The molecule has 22 heavy (non-hydrogen) atoms. The number of ether oxygens (including phenoxy) is 1. The quantitative estimate of drug-likeness (QED) is 0.681. The number of aryl methyl sites for hydroxylation is 2. The molecule has 0 bridgehead atoms. The van der Waals surface area contributed by atoms with E-state index in [4.69, 9.17) is 16.3 Å². The van der Waals surface area contributed by atoms with E-state index in [1.165, 1.54) is 6.21 Å². The minimum atomic E-state index is -0.342. The van der Waals surface area contributed by atoms with Crippen molar-refractivity contribution in [1.82, 2.24) is 10.4 Å². The second-order valence-corrected chi connectivity index (χ2v) is 5.12. The van der Waals surface area contributed by atoms with Gasteiger partial charge in [-0.15, -0.1) is 0 Å². The van der Waals surface area contributed by atoms with Crippen molar-refractivity contribution in [3.63, 3.8) is 0 Å². The van der Waals surface area contributed by atoms with Crippen LogP contribution in [0.2, 0.25) is 5.02 Å². The first-order valence-corrected chi connectivity index (χ1v) is 7.05. The van der Waals surface area contributed by atoms with E-state index < -0.39 is 0 Å². The summed E-state index contributed by atoms with van der Waals surface area (Å²) in [5.74, 6) is 0.260. The van der Waals surface area contributed by atoms with Crippen LogP contribution in [0, 0.1) is 13.8 Å². The van der Waals surface area contributed by atoms with Gasteiger partial charge in [0.05, 0.1) is 6.21 Å². The van der Waals surface area contributed by atoms with Gasteiger partial charge >= 0.3 is 0 Å². The van der Waals surface area contributed by atoms with E-state index in [-0.39, 0.29) is 12.5 Å². The van der Waals surface area contributed by atoms with Gasteiger partial charge in [0.25, 0.3) is 5.91 Å². The van der Waals surface area contributed by atoms with Crippen LogP contribution >= 0.6 is 11.6 Å². The maximum atomic E-state index is 11.7. The molecule has 0 unspecified atom stereocenters. The number of carbonyl (C=O) groups excluding carboxylic acids is 1. The molecule has 1 N–H and O–H groups in total. The summed E-state index contributed by atoms with van der Waals surface area (Å²) < 4.78 is 5.43. The van der Waals surface area contributed by atoms with Crippen LogP contribution in [0.4, 0.5) is 0 Å². The second-order valence-electron chi connectivity index (χ2n) is 4.74. The number of nitrogens with zero attached hydrogens (tertiary/aromatic N) is 2. The number of benzene rings is 1. The summed E-state index contributed by atoms with van der Waals surface area (Å²) in [6, 6.07) is 7.21. The van der Waals surface area contributed by atoms with E-state index in [1.807, 2.05) is 19.9 Å². The molecule has 1 aromatic heterocycles. The fourth-order valence-corrected chi connectivity index (χ4v) is 1.91. The van der Waals surface area contributed by atoms with Crippen molar-refractivity contribution in [1.29, 1.82) is 0 Å². The monoisotopic (exact) mass is 317 g/mol. The Morgan fingerprint density at radius 3 is 2.77 bits per heavy atom. The van der Waals surface area contributed by atoms with Crippen LogP contribution in [0.5, 0.6) is 5.75 Å². The first-order valence-electron chi connectivity index (χ1n) is 6.68. The first-order chi connectivity index (χ1) is 10.6. The molecule has 0 aliphatic rings. The number of nitrogens with one attached hydrogen (secondary N) is 1. The van der Waals surface area contributed by atoms with Gasteiger partial charge < -0.3 is 4.74 Å². The van der Waals surface area contributed by atoms with Crippen LogP contribution < -0.4 is 10.2 Å². The average molecular weight is 318 g/mol. The number of aromatic nitrogens is 1. The van der Waals surface area contributed by atoms with Gasteiger partial charge in [-0.3, -0.25) is 9.78 Å². The zero-order chi connectivity index (χ0) is 15.9. The number of halogens is 1. The normalized spacial score (nSPS) is 10.7. The molecule has 1 aromatic carbocycles. The SMILES string of the molecule is Cc1cc(OCC(=O)N/N=C\c2cccnc2)cc(C)c1Cl. The van der Waals surface area contributed by atoms with E-state index in [9.17, 15) is 4.79 Å². The molecule has 0 atom stereocenters. The average Bonchev–Trinajstić information content (AvgIpc) is 2.51. The lowest BCUT2D eigenvalue weighted by atomic mass is 10.1. The smallest absolute Gasteiger partial charge is 0.277 e. The number of pyridine rings is 1. The van der Waals surface area contributed by atoms with Crippen LogP contribution in [-0.2, 0) is 4.79 Å². The molecule has 0 aliphatic carbocycles. The number of hydrogen-bond donors (Lipinski definition) is 1. The highest BCUT2D eigenvalue weighted by atomic mass is 35.5. The number of hydrazone groups is 1. The minimum absolute atomic E-state index is 0.120. The Morgan fingerprint density at radius 2 is 2.14 bits per heavy atom. The van der Waals surface area contributed by atoms with Crippen molar-refractivity contribution in [2.24, 2.45) is 5.10 Å². The molecule has 0 saturated heterocycles. The van der Waals surface area contributed by atoms with Gasteiger partial charge in [0.15, 0.2) is 6.61 Å². The molecule has 0 fully saturated rings. The van der Waals surface area contributed by atoms with Gasteiger partial charge in [-0.05, 0) is 43.2 Å². The Morgan fingerprint density at radius 1 is 1.41 bits per heavy atom. The molecular weight excluding hydrogens is 302 g/mol. The van der Waals surface area contributed by atoms with E-state index in [2.05, 4.69) is 15.5 Å². The highest BCUT2D eigenvalue weighted by Gasteiger charge is 2.06. The second kappa shape index (κ2) is 7.56. The van der Waals surface area contributed by atoms with Crippen molar-refractivity contribution in [3.05, 3.63) is 58.4 Å². The first kappa shape index (κ1) is 16.0. The number of rotatable bonds is 5. The van der Waals surface area contributed by atoms with Crippen LogP contribution in [-0.4, -0.2) is 23.7 Å². The fraction of sp³-hybridized carbons (Fsp3) is 0.188. The molecule has 0 spiro atoms. The van der Waals surface area contributed by atoms with E-state index >= 15 is 0 Å². The molecule has 0 aliphatic heterocycles. The van der Waals surface area contributed by atoms with Gasteiger partial charge in [-0.2, -0.15) is 5.10 Å². The van der Waals surface area contributed by atoms with Crippen LogP contribution in [0.15, 0.2) is 41.8 Å². The lowest BCUT2D eigenvalue weighted by molar-refractivity contribution is -0.123. The lowest BCUT2D eigenvalue weighted by Gasteiger charge is -2.09. The summed E-state index contributed by atoms with van der Waals surface area (Å²) in [5, 5.41) is 4.54.